The van der Waals surface area contributed by atoms with Crippen LogP contribution in [0.2, 0.25) is 0 Å². The van der Waals surface area contributed by atoms with Crippen molar-refractivity contribution in [3.8, 4) is 28.4 Å². The van der Waals surface area contributed by atoms with Crippen LogP contribution >= 0.6 is 7.92 Å². The van der Waals surface area contributed by atoms with Gasteiger partial charge in [0, 0.05) is 25.0 Å². The van der Waals surface area contributed by atoms with Gasteiger partial charge >= 0.3 is 7.25 Å². The standard InChI is InChI=1S/C19H23O3P.C7H8.BF4.2H2O.Rh/c1-19(2,3)23-12-22-16-11-6-8-13(18(16)23)17-14(20-4)9-7-10-15(17)21-5;1-2-7-4-3-6(1)5-7;2-1(3,4)5;;;/h6-11H,12H2,1-5H3;1-4,6-7H,5H2;;2*1H2;/q;;-1;;;/p+2. The molecule has 0 spiro atoms. The number of hydrogen-bond donors (Lipinski definition) is 0. The SMILES string of the molecule is C1=CC2C=CC1C2.COc1cccc(OC)c1-c1cccc2c1[PH+](C(C)(C)C)CO2.F[B-](F)(F)F.O.[OH3+].[Rh]. The Morgan fingerprint density at radius 3 is 1.68 bits per heavy atom. The Morgan fingerprint density at radius 1 is 0.868 bits per heavy atom. The zero-order valence-corrected chi connectivity index (χ0v) is 24.7. The largest absolute Gasteiger partial charge is 0.673 e. The summed E-state index contributed by atoms with van der Waals surface area (Å²) in [6.45, 7) is 6.90. The fourth-order valence-corrected chi connectivity index (χ4v) is 7.04. The summed E-state index contributed by atoms with van der Waals surface area (Å²) < 4.78 is 56.2. The normalized spacial score (nSPS) is 19.7. The maximum absolute atomic E-state index is 9.75. The molecule has 215 valence electrons. The predicted octanol–water partition coefficient (Wildman–Crippen LogP) is 5.66. The average Bonchev–Trinajstić information content (AvgIpc) is 3.54. The van der Waals surface area contributed by atoms with Crippen LogP contribution in [-0.4, -0.2) is 38.5 Å². The van der Waals surface area contributed by atoms with E-state index in [-0.39, 0.29) is 35.6 Å². The molecule has 2 aromatic carbocycles. The number of halogens is 4. The topological polar surface area (TPSA) is 92.2 Å². The number of benzene rings is 2. The third-order valence-electron chi connectivity index (χ3n) is 6.06. The maximum atomic E-state index is 9.75. The zero-order chi connectivity index (χ0) is 25.8. The smallest absolute Gasteiger partial charge is 0.496 e. The van der Waals surface area contributed by atoms with Crippen molar-refractivity contribution in [1.82, 2.24) is 0 Å². The first-order chi connectivity index (χ1) is 16.4. The van der Waals surface area contributed by atoms with Gasteiger partial charge in [0.2, 0.25) is 0 Å². The molecule has 5 rings (SSSR count). The summed E-state index contributed by atoms with van der Waals surface area (Å²) in [5, 5.41) is 1.58. The number of hydrogen-bond acceptors (Lipinski definition) is 3. The Balaban J connectivity index is 0.000000757. The van der Waals surface area contributed by atoms with Crippen molar-refractivity contribution in [2.75, 3.05) is 20.6 Å². The molecule has 0 amide bonds. The quantitative estimate of drug-likeness (QED) is 0.141. The molecule has 2 bridgehead atoms. The van der Waals surface area contributed by atoms with Crippen molar-refractivity contribution in [1.29, 1.82) is 0 Å². The average molecular weight is 650 g/mol. The van der Waals surface area contributed by atoms with Gasteiger partial charge in [0.05, 0.1) is 32.9 Å². The van der Waals surface area contributed by atoms with Gasteiger partial charge in [-0.15, -0.1) is 0 Å². The molecular formula is C26H37BF4O5PRh+. The first kappa shape index (κ1) is 36.1. The van der Waals surface area contributed by atoms with Crippen molar-refractivity contribution >= 4 is 20.5 Å². The molecule has 38 heavy (non-hydrogen) atoms. The van der Waals surface area contributed by atoms with Crippen LogP contribution in [0.5, 0.6) is 17.2 Å². The van der Waals surface area contributed by atoms with Gasteiger partial charge in [-0.1, -0.05) is 36.4 Å². The number of methoxy groups -OCH3 is 2. The van der Waals surface area contributed by atoms with Crippen LogP contribution in [0.4, 0.5) is 17.3 Å². The first-order valence-electron chi connectivity index (χ1n) is 11.5. The molecule has 5 N–H and O–H groups in total. The van der Waals surface area contributed by atoms with Gasteiger partial charge in [0.25, 0.3) is 0 Å². The molecule has 2 aromatic rings. The minimum absolute atomic E-state index is 0. The molecule has 0 aromatic heterocycles. The molecule has 5 nitrogen and oxygen atoms in total. The minimum atomic E-state index is -6.00. The molecule has 1 aliphatic heterocycles. The minimum Gasteiger partial charge on any atom is -0.496 e. The summed E-state index contributed by atoms with van der Waals surface area (Å²) in [6, 6.07) is 12.2. The maximum Gasteiger partial charge on any atom is 0.673 e. The van der Waals surface area contributed by atoms with E-state index in [0.29, 0.717) is 0 Å². The molecule has 0 saturated carbocycles. The van der Waals surface area contributed by atoms with Gasteiger partial charge in [-0.2, -0.15) is 0 Å². The van der Waals surface area contributed by atoms with Crippen molar-refractivity contribution in [2.45, 2.75) is 32.3 Å². The zero-order valence-electron chi connectivity index (χ0n) is 22.1. The molecule has 1 heterocycles. The molecule has 12 heteroatoms. The molecule has 3 aliphatic rings. The van der Waals surface area contributed by atoms with E-state index in [9.17, 15) is 17.3 Å². The van der Waals surface area contributed by atoms with Crippen LogP contribution in [-0.2, 0) is 25.0 Å². The Hall–Kier alpha value is -1.92. The summed E-state index contributed by atoms with van der Waals surface area (Å²) in [4.78, 5) is 0. The van der Waals surface area contributed by atoms with Crippen LogP contribution in [0.25, 0.3) is 11.1 Å². The van der Waals surface area contributed by atoms with E-state index >= 15 is 0 Å². The third-order valence-corrected chi connectivity index (χ3v) is 9.42. The fourth-order valence-electron chi connectivity index (χ4n) is 4.43. The first-order valence-corrected chi connectivity index (χ1v) is 13.2. The van der Waals surface area contributed by atoms with Gasteiger partial charge in [-0.25, -0.2) is 0 Å². The van der Waals surface area contributed by atoms with E-state index in [1.54, 1.807) is 14.2 Å². The summed E-state index contributed by atoms with van der Waals surface area (Å²) in [7, 11) is -3.44. The van der Waals surface area contributed by atoms with Crippen molar-refractivity contribution in [3.05, 3.63) is 60.7 Å². The summed E-state index contributed by atoms with van der Waals surface area (Å²) in [6.07, 6.45) is 11.4. The molecule has 1 radical (unpaired) electrons. The van der Waals surface area contributed by atoms with Gasteiger partial charge in [-0.05, 0) is 63.3 Å². The van der Waals surface area contributed by atoms with Crippen LogP contribution in [0.15, 0.2) is 60.7 Å². The van der Waals surface area contributed by atoms with Crippen LogP contribution < -0.4 is 19.5 Å². The number of rotatable bonds is 3. The van der Waals surface area contributed by atoms with E-state index in [4.69, 9.17) is 14.2 Å². The number of ether oxygens (including phenoxy) is 3. The van der Waals surface area contributed by atoms with Gasteiger partial charge in [0.1, 0.15) is 16.8 Å². The van der Waals surface area contributed by atoms with Crippen molar-refractivity contribution in [2.24, 2.45) is 11.8 Å². The van der Waals surface area contributed by atoms with Crippen LogP contribution in [0.1, 0.15) is 27.2 Å². The van der Waals surface area contributed by atoms with Crippen molar-refractivity contribution in [3.63, 3.8) is 0 Å². The monoisotopic (exact) mass is 650 g/mol. The van der Waals surface area contributed by atoms with E-state index < -0.39 is 15.2 Å². The molecule has 0 saturated heterocycles. The van der Waals surface area contributed by atoms with Gasteiger partial charge in [-0.3, -0.25) is 0 Å². The second-order valence-electron chi connectivity index (χ2n) is 9.56. The Kier molecular flexibility index (Phi) is 14.3. The van der Waals surface area contributed by atoms with Gasteiger partial charge < -0.3 is 42.4 Å². The third kappa shape index (κ3) is 9.37. The Bertz CT molecular complexity index is 1040. The molecule has 1 atom stereocenters. The second kappa shape index (κ2) is 15.0. The number of fused-ring (bicyclic) bond motifs is 3. The van der Waals surface area contributed by atoms with E-state index in [2.05, 4.69) is 57.2 Å². The van der Waals surface area contributed by atoms with E-state index in [1.165, 1.54) is 17.3 Å². The Labute approximate surface area is 235 Å². The second-order valence-corrected chi connectivity index (χ2v) is 12.8. The van der Waals surface area contributed by atoms with E-state index in [1.807, 2.05) is 24.3 Å². The predicted molar refractivity (Wildman–Crippen MR) is 147 cm³/mol. The summed E-state index contributed by atoms with van der Waals surface area (Å²) in [5.74, 6) is 4.30. The fraction of sp³-hybridized carbons (Fsp3) is 0.385. The van der Waals surface area contributed by atoms with Gasteiger partial charge in [0.15, 0.2) is 12.1 Å². The Morgan fingerprint density at radius 2 is 1.32 bits per heavy atom. The summed E-state index contributed by atoms with van der Waals surface area (Å²) >= 11 is 0. The number of allylic oxidation sites excluding steroid dienone is 4. The molecule has 2 aliphatic carbocycles. The van der Waals surface area contributed by atoms with Crippen LogP contribution in [0.3, 0.4) is 0 Å². The van der Waals surface area contributed by atoms with Crippen LogP contribution in [0, 0.1) is 11.8 Å². The molecular weight excluding hydrogens is 613 g/mol. The summed E-state index contributed by atoms with van der Waals surface area (Å²) in [5.41, 5.74) is 2.20. The molecule has 0 fully saturated rings. The van der Waals surface area contributed by atoms with E-state index in [0.717, 1.165) is 41.0 Å². The van der Waals surface area contributed by atoms with Crippen molar-refractivity contribution < 1.29 is 61.9 Å². The molecule has 1 unspecified atom stereocenters.